The highest BCUT2D eigenvalue weighted by Crippen LogP contribution is 2.20. The average molecular weight is 346 g/mol. The summed E-state index contributed by atoms with van der Waals surface area (Å²) in [6, 6.07) is 7.83. The quantitative estimate of drug-likeness (QED) is 0.643. The molecule has 2 N–H and O–H groups in total. The van der Waals surface area contributed by atoms with Gasteiger partial charge in [-0.25, -0.2) is 4.98 Å². The standard InChI is InChI=1S/C14H8BrN3O3/c15-11-4-1-7(6-16-11)12(19)17-8-2-3-9-10(5-8)14(21)18-13(9)20/h1-6H,(H,17,19)(H,18,20,21). The van der Waals surface area contributed by atoms with E-state index in [1.807, 2.05) is 0 Å². The first-order valence-corrected chi connectivity index (χ1v) is 6.76. The largest absolute Gasteiger partial charge is 0.322 e. The number of amides is 3. The van der Waals surface area contributed by atoms with Crippen LogP contribution in [0.3, 0.4) is 0 Å². The van der Waals surface area contributed by atoms with Crippen LogP contribution in [0.15, 0.2) is 41.1 Å². The summed E-state index contributed by atoms with van der Waals surface area (Å²) < 4.78 is 0.631. The van der Waals surface area contributed by atoms with Gasteiger partial charge in [0.15, 0.2) is 0 Å². The smallest absolute Gasteiger partial charge is 0.259 e. The van der Waals surface area contributed by atoms with Crippen molar-refractivity contribution in [3.05, 3.63) is 57.8 Å². The van der Waals surface area contributed by atoms with Crippen molar-refractivity contribution in [1.29, 1.82) is 0 Å². The molecule has 1 aliphatic rings. The molecule has 6 nitrogen and oxygen atoms in total. The molecular formula is C14H8BrN3O3. The van der Waals surface area contributed by atoms with Crippen LogP contribution in [0.4, 0.5) is 5.69 Å². The number of fused-ring (bicyclic) bond motifs is 1. The Morgan fingerprint density at radius 3 is 2.57 bits per heavy atom. The molecule has 3 rings (SSSR count). The van der Waals surface area contributed by atoms with E-state index in [-0.39, 0.29) is 11.5 Å². The Bertz CT molecular complexity index is 772. The molecule has 0 saturated carbocycles. The first-order valence-electron chi connectivity index (χ1n) is 5.97. The minimum absolute atomic E-state index is 0.256. The number of imide groups is 1. The SMILES string of the molecule is O=C(Nc1ccc2c(c1)C(=O)NC2=O)c1ccc(Br)nc1. The van der Waals surface area contributed by atoms with E-state index in [0.29, 0.717) is 21.4 Å². The zero-order chi connectivity index (χ0) is 15.0. The Labute approximate surface area is 127 Å². The number of nitrogens with zero attached hydrogens (tertiary/aromatic N) is 1. The lowest BCUT2D eigenvalue weighted by Gasteiger charge is -2.06. The molecule has 0 fully saturated rings. The second-order valence-corrected chi connectivity index (χ2v) is 5.18. The Morgan fingerprint density at radius 2 is 1.86 bits per heavy atom. The summed E-state index contributed by atoms with van der Waals surface area (Å²) in [7, 11) is 0. The van der Waals surface area contributed by atoms with E-state index in [2.05, 4.69) is 31.5 Å². The van der Waals surface area contributed by atoms with Crippen LogP contribution in [-0.4, -0.2) is 22.7 Å². The zero-order valence-electron chi connectivity index (χ0n) is 10.5. The van der Waals surface area contributed by atoms with E-state index in [9.17, 15) is 14.4 Å². The van der Waals surface area contributed by atoms with Gasteiger partial charge in [0.1, 0.15) is 4.60 Å². The van der Waals surface area contributed by atoms with Crippen LogP contribution in [0.5, 0.6) is 0 Å². The van der Waals surface area contributed by atoms with Crippen molar-refractivity contribution in [3.8, 4) is 0 Å². The molecule has 0 unspecified atom stereocenters. The Hall–Kier alpha value is -2.54. The lowest BCUT2D eigenvalue weighted by molar-refractivity contribution is 0.0878. The summed E-state index contributed by atoms with van der Waals surface area (Å²) in [5.41, 5.74) is 1.39. The molecule has 104 valence electrons. The molecule has 2 heterocycles. The molecule has 7 heteroatoms. The molecule has 1 aromatic heterocycles. The summed E-state index contributed by atoms with van der Waals surface area (Å²) in [6.45, 7) is 0. The van der Waals surface area contributed by atoms with Gasteiger partial charge in [-0.15, -0.1) is 0 Å². The fourth-order valence-corrected chi connectivity index (χ4v) is 2.19. The maximum atomic E-state index is 12.0. The van der Waals surface area contributed by atoms with Crippen LogP contribution in [-0.2, 0) is 0 Å². The molecule has 3 amide bonds. The number of rotatable bonds is 2. The number of anilines is 1. The lowest BCUT2D eigenvalue weighted by Crippen LogP contribution is -2.19. The Balaban J connectivity index is 1.84. The monoisotopic (exact) mass is 345 g/mol. The van der Waals surface area contributed by atoms with Gasteiger partial charge in [-0.2, -0.15) is 0 Å². The minimum Gasteiger partial charge on any atom is -0.322 e. The van der Waals surface area contributed by atoms with Gasteiger partial charge in [-0.3, -0.25) is 19.7 Å². The third-order valence-electron chi connectivity index (χ3n) is 2.98. The molecule has 1 aromatic carbocycles. The van der Waals surface area contributed by atoms with Gasteiger partial charge in [0.2, 0.25) is 0 Å². The average Bonchev–Trinajstić information content (AvgIpc) is 2.74. The molecule has 2 aromatic rings. The number of halogens is 1. The predicted octanol–water partition coefficient (Wildman–Crippen LogP) is 1.98. The summed E-state index contributed by atoms with van der Waals surface area (Å²) >= 11 is 3.19. The van der Waals surface area contributed by atoms with Crippen molar-refractivity contribution in [3.63, 3.8) is 0 Å². The van der Waals surface area contributed by atoms with Crippen molar-refractivity contribution in [1.82, 2.24) is 10.3 Å². The number of aromatic nitrogens is 1. The maximum absolute atomic E-state index is 12.0. The van der Waals surface area contributed by atoms with Crippen LogP contribution in [0.25, 0.3) is 0 Å². The van der Waals surface area contributed by atoms with Crippen molar-refractivity contribution < 1.29 is 14.4 Å². The fourth-order valence-electron chi connectivity index (χ4n) is 1.96. The second kappa shape index (κ2) is 5.10. The molecule has 21 heavy (non-hydrogen) atoms. The summed E-state index contributed by atoms with van der Waals surface area (Å²) in [6.07, 6.45) is 1.43. The number of pyridine rings is 1. The van der Waals surface area contributed by atoms with E-state index in [1.54, 1.807) is 18.2 Å². The number of hydrogen-bond acceptors (Lipinski definition) is 4. The zero-order valence-corrected chi connectivity index (χ0v) is 12.1. The third-order valence-corrected chi connectivity index (χ3v) is 3.45. The van der Waals surface area contributed by atoms with Gasteiger partial charge in [0.05, 0.1) is 16.7 Å². The van der Waals surface area contributed by atoms with Crippen molar-refractivity contribution in [2.24, 2.45) is 0 Å². The van der Waals surface area contributed by atoms with E-state index in [0.717, 1.165) is 0 Å². The molecule has 0 atom stereocenters. The molecular weight excluding hydrogens is 338 g/mol. The molecule has 0 radical (unpaired) electrons. The maximum Gasteiger partial charge on any atom is 0.259 e. The summed E-state index contributed by atoms with van der Waals surface area (Å²) in [4.78, 5) is 39.0. The number of carbonyl (C=O) groups excluding carboxylic acids is 3. The van der Waals surface area contributed by atoms with Crippen LogP contribution >= 0.6 is 15.9 Å². The van der Waals surface area contributed by atoms with Gasteiger partial charge in [0.25, 0.3) is 17.7 Å². The fraction of sp³-hybridized carbons (Fsp3) is 0. The molecule has 0 spiro atoms. The van der Waals surface area contributed by atoms with Crippen molar-refractivity contribution in [2.45, 2.75) is 0 Å². The van der Waals surface area contributed by atoms with Gasteiger partial charge in [0, 0.05) is 11.9 Å². The number of carbonyl (C=O) groups is 3. The van der Waals surface area contributed by atoms with Gasteiger partial charge < -0.3 is 5.32 Å². The van der Waals surface area contributed by atoms with Gasteiger partial charge in [-0.1, -0.05) is 0 Å². The van der Waals surface area contributed by atoms with Crippen LogP contribution in [0, 0.1) is 0 Å². The van der Waals surface area contributed by atoms with Gasteiger partial charge >= 0.3 is 0 Å². The molecule has 0 saturated heterocycles. The number of hydrogen-bond donors (Lipinski definition) is 2. The van der Waals surface area contributed by atoms with Crippen molar-refractivity contribution >= 4 is 39.3 Å². The van der Waals surface area contributed by atoms with E-state index in [1.165, 1.54) is 18.3 Å². The van der Waals surface area contributed by atoms with Crippen LogP contribution < -0.4 is 10.6 Å². The molecule has 1 aliphatic heterocycles. The van der Waals surface area contributed by atoms with E-state index >= 15 is 0 Å². The van der Waals surface area contributed by atoms with Crippen LogP contribution in [0.1, 0.15) is 31.1 Å². The normalized spacial score (nSPS) is 12.8. The minimum atomic E-state index is -0.462. The van der Waals surface area contributed by atoms with Gasteiger partial charge in [-0.05, 0) is 46.3 Å². The Morgan fingerprint density at radius 1 is 1.10 bits per heavy atom. The highest BCUT2D eigenvalue weighted by Gasteiger charge is 2.26. The first-order chi connectivity index (χ1) is 10.0. The second-order valence-electron chi connectivity index (χ2n) is 4.37. The van der Waals surface area contributed by atoms with Crippen LogP contribution in [0.2, 0.25) is 0 Å². The highest BCUT2D eigenvalue weighted by molar-refractivity contribution is 9.10. The van der Waals surface area contributed by atoms with E-state index in [4.69, 9.17) is 0 Å². The number of nitrogens with one attached hydrogen (secondary N) is 2. The molecule has 0 aliphatic carbocycles. The lowest BCUT2D eigenvalue weighted by atomic mass is 10.1. The summed E-state index contributed by atoms with van der Waals surface area (Å²) in [5, 5.41) is 4.85. The summed E-state index contributed by atoms with van der Waals surface area (Å²) in [5.74, 6) is -1.24. The number of benzene rings is 1. The topological polar surface area (TPSA) is 88.2 Å². The predicted molar refractivity (Wildman–Crippen MR) is 78.1 cm³/mol. The highest BCUT2D eigenvalue weighted by atomic mass is 79.9. The van der Waals surface area contributed by atoms with Crippen molar-refractivity contribution in [2.75, 3.05) is 5.32 Å². The molecule has 0 bridgehead atoms. The van der Waals surface area contributed by atoms with E-state index < -0.39 is 11.8 Å². The third kappa shape index (κ3) is 2.55. The first kappa shape index (κ1) is 13.4. The Kier molecular flexibility index (Phi) is 3.26.